The van der Waals surface area contributed by atoms with Gasteiger partial charge in [0.25, 0.3) is 0 Å². The number of aromatic nitrogens is 2. The number of allylic oxidation sites excluding steroid dienone is 2. The smallest absolute Gasteiger partial charge is 0.174 e. The molecule has 0 fully saturated rings. The highest BCUT2D eigenvalue weighted by Gasteiger charge is 2.22. The minimum absolute atomic E-state index is 0.0980. The number of nitrogens with zero attached hydrogens (tertiary/aromatic N) is 3. The lowest BCUT2D eigenvalue weighted by atomic mass is 10.1. The Labute approximate surface area is 127 Å². The summed E-state index contributed by atoms with van der Waals surface area (Å²) in [5.41, 5.74) is 8.14. The molecule has 1 heterocycles. The van der Waals surface area contributed by atoms with Gasteiger partial charge in [0, 0.05) is 6.07 Å². The van der Waals surface area contributed by atoms with Gasteiger partial charge in [-0.15, -0.1) is 0 Å². The molecular formula is C15H17FN4O2. The maximum absolute atomic E-state index is 14.2. The zero-order valence-electron chi connectivity index (χ0n) is 12.5. The quantitative estimate of drug-likeness (QED) is 0.351. The highest BCUT2D eigenvalue weighted by Crippen LogP contribution is 2.27. The molecule has 2 rings (SSSR count). The monoisotopic (exact) mass is 304 g/mol. The molecule has 7 heteroatoms. The van der Waals surface area contributed by atoms with Crippen LogP contribution in [0.5, 0.6) is 5.75 Å². The van der Waals surface area contributed by atoms with Crippen molar-refractivity contribution in [2.75, 3.05) is 0 Å². The molecule has 0 saturated carbocycles. The van der Waals surface area contributed by atoms with Gasteiger partial charge in [-0.05, 0) is 38.5 Å². The zero-order valence-corrected chi connectivity index (χ0v) is 12.5. The van der Waals surface area contributed by atoms with Crippen LogP contribution in [0.2, 0.25) is 0 Å². The number of hydrogen-bond acceptors (Lipinski definition) is 4. The first-order valence-corrected chi connectivity index (χ1v) is 6.60. The molecule has 0 aliphatic rings. The molecule has 2 aromatic rings. The van der Waals surface area contributed by atoms with Crippen LogP contribution in [0.15, 0.2) is 29.4 Å². The fourth-order valence-electron chi connectivity index (χ4n) is 2.23. The van der Waals surface area contributed by atoms with Crippen molar-refractivity contribution in [1.29, 1.82) is 0 Å². The van der Waals surface area contributed by atoms with Crippen LogP contribution in [-0.4, -0.2) is 25.9 Å². The Bertz CT molecular complexity index is 778. The third-order valence-corrected chi connectivity index (χ3v) is 3.39. The molecule has 0 unspecified atom stereocenters. The fourth-order valence-corrected chi connectivity index (χ4v) is 2.23. The molecule has 0 aliphatic carbocycles. The van der Waals surface area contributed by atoms with Crippen LogP contribution < -0.4 is 5.73 Å². The van der Waals surface area contributed by atoms with E-state index in [0.717, 1.165) is 11.6 Å². The summed E-state index contributed by atoms with van der Waals surface area (Å²) in [6.07, 6.45) is 1.82. The van der Waals surface area contributed by atoms with Gasteiger partial charge in [0.2, 0.25) is 0 Å². The molecule has 0 aliphatic heterocycles. The minimum atomic E-state index is -0.626. The second-order valence-corrected chi connectivity index (χ2v) is 4.81. The van der Waals surface area contributed by atoms with E-state index in [1.54, 1.807) is 6.92 Å². The van der Waals surface area contributed by atoms with Crippen molar-refractivity contribution >= 4 is 11.4 Å². The van der Waals surface area contributed by atoms with Gasteiger partial charge in [-0.3, -0.25) is 0 Å². The van der Waals surface area contributed by atoms with E-state index < -0.39 is 5.82 Å². The molecule has 1 aromatic carbocycles. The molecule has 0 bridgehead atoms. The van der Waals surface area contributed by atoms with Crippen LogP contribution >= 0.6 is 0 Å². The van der Waals surface area contributed by atoms with Crippen molar-refractivity contribution in [3.05, 3.63) is 47.0 Å². The van der Waals surface area contributed by atoms with Crippen molar-refractivity contribution < 1.29 is 14.7 Å². The predicted octanol–water partition coefficient (Wildman–Crippen LogP) is 2.54. The Morgan fingerprint density at radius 1 is 1.45 bits per heavy atom. The zero-order chi connectivity index (χ0) is 16.4. The van der Waals surface area contributed by atoms with Crippen LogP contribution in [0.1, 0.15) is 30.8 Å². The largest absolute Gasteiger partial charge is 0.508 e. The third-order valence-electron chi connectivity index (χ3n) is 3.39. The topological polar surface area (TPSA) is 96.7 Å². The summed E-state index contributed by atoms with van der Waals surface area (Å²) in [6.45, 7) is 5.33. The maximum Gasteiger partial charge on any atom is 0.174 e. The lowest BCUT2D eigenvalue weighted by Gasteiger charge is -2.10. The average molecular weight is 304 g/mol. The third kappa shape index (κ3) is 2.52. The number of amidine groups is 1. The summed E-state index contributed by atoms with van der Waals surface area (Å²) in [6, 6.07) is 3.79. The number of aromatic hydroxyl groups is 1. The lowest BCUT2D eigenvalue weighted by Crippen LogP contribution is -2.16. The van der Waals surface area contributed by atoms with Crippen LogP contribution in [0, 0.1) is 12.7 Å². The molecule has 4 N–H and O–H groups in total. The van der Waals surface area contributed by atoms with Crippen molar-refractivity contribution in [2.24, 2.45) is 10.9 Å². The molecule has 0 saturated heterocycles. The molecular weight excluding hydrogens is 287 g/mol. The molecule has 22 heavy (non-hydrogen) atoms. The summed E-state index contributed by atoms with van der Waals surface area (Å²) in [5, 5.41) is 25.6. The second-order valence-electron chi connectivity index (χ2n) is 4.81. The summed E-state index contributed by atoms with van der Waals surface area (Å²) in [4.78, 5) is 0. The maximum atomic E-state index is 14.2. The van der Waals surface area contributed by atoms with E-state index in [0.29, 0.717) is 17.0 Å². The van der Waals surface area contributed by atoms with Gasteiger partial charge < -0.3 is 16.0 Å². The van der Waals surface area contributed by atoms with Gasteiger partial charge in [0.1, 0.15) is 11.4 Å². The van der Waals surface area contributed by atoms with Gasteiger partial charge in [0.15, 0.2) is 11.7 Å². The molecule has 0 spiro atoms. The number of rotatable bonds is 3. The van der Waals surface area contributed by atoms with E-state index in [1.165, 1.54) is 16.8 Å². The summed E-state index contributed by atoms with van der Waals surface area (Å²) < 4.78 is 15.5. The number of aryl methyl sites for hydroxylation is 1. The number of oxime groups is 1. The van der Waals surface area contributed by atoms with E-state index in [9.17, 15) is 9.50 Å². The summed E-state index contributed by atoms with van der Waals surface area (Å²) in [7, 11) is 0. The number of nitrogens with two attached hydrogens (primary N) is 1. The molecule has 0 atom stereocenters. The van der Waals surface area contributed by atoms with E-state index in [2.05, 4.69) is 10.3 Å². The van der Waals surface area contributed by atoms with E-state index in [-0.39, 0.29) is 17.3 Å². The van der Waals surface area contributed by atoms with Crippen molar-refractivity contribution in [3.8, 4) is 11.4 Å². The Morgan fingerprint density at radius 3 is 2.68 bits per heavy atom. The number of benzene rings is 1. The van der Waals surface area contributed by atoms with E-state index >= 15 is 0 Å². The summed E-state index contributed by atoms with van der Waals surface area (Å²) >= 11 is 0. The number of phenols is 1. The first-order valence-electron chi connectivity index (χ1n) is 6.60. The second kappa shape index (κ2) is 5.88. The van der Waals surface area contributed by atoms with Gasteiger partial charge in [-0.2, -0.15) is 5.10 Å². The van der Waals surface area contributed by atoms with E-state index in [4.69, 9.17) is 10.9 Å². The standard InChI is InChI=1S/C15H17FN4O2/c1-4-8(2)14-13(15(17)19-22)9(3)18-20(14)12-6-5-10(21)7-11(12)16/h4-7,21-22H,1-3H3,(H2,17,19). The number of phenolic OH excluding ortho intramolecular Hbond substituents is 1. The molecule has 1 aromatic heterocycles. The van der Waals surface area contributed by atoms with Crippen molar-refractivity contribution in [2.45, 2.75) is 20.8 Å². The van der Waals surface area contributed by atoms with Crippen LogP contribution in [0.4, 0.5) is 4.39 Å². The molecule has 116 valence electrons. The highest BCUT2D eigenvalue weighted by molar-refractivity contribution is 6.02. The average Bonchev–Trinajstić information content (AvgIpc) is 2.82. The Kier molecular flexibility index (Phi) is 4.16. The lowest BCUT2D eigenvalue weighted by molar-refractivity contribution is 0.318. The minimum Gasteiger partial charge on any atom is -0.508 e. The van der Waals surface area contributed by atoms with Crippen LogP contribution in [0.25, 0.3) is 11.3 Å². The summed E-state index contributed by atoms with van der Waals surface area (Å²) in [5.74, 6) is -0.899. The molecule has 0 amide bonds. The van der Waals surface area contributed by atoms with Crippen molar-refractivity contribution in [3.63, 3.8) is 0 Å². The van der Waals surface area contributed by atoms with Gasteiger partial charge in [-0.1, -0.05) is 11.2 Å². The van der Waals surface area contributed by atoms with Crippen LogP contribution in [-0.2, 0) is 0 Å². The molecule has 6 nitrogen and oxygen atoms in total. The highest BCUT2D eigenvalue weighted by atomic mass is 19.1. The Balaban J connectivity index is 2.82. The Morgan fingerprint density at radius 2 is 2.14 bits per heavy atom. The van der Waals surface area contributed by atoms with Crippen molar-refractivity contribution in [1.82, 2.24) is 9.78 Å². The van der Waals surface area contributed by atoms with Gasteiger partial charge in [-0.25, -0.2) is 9.07 Å². The Hall–Kier alpha value is -2.83. The fraction of sp³-hybridized carbons (Fsp3) is 0.200. The SMILES string of the molecule is CC=C(C)c1c(C(N)=NO)c(C)nn1-c1ccc(O)cc1F. The molecule has 0 radical (unpaired) electrons. The number of hydrogen-bond donors (Lipinski definition) is 3. The normalized spacial score (nSPS) is 12.7. The van der Waals surface area contributed by atoms with Gasteiger partial charge in [0.05, 0.1) is 17.0 Å². The van der Waals surface area contributed by atoms with Crippen LogP contribution in [0.3, 0.4) is 0 Å². The van der Waals surface area contributed by atoms with E-state index in [1.807, 2.05) is 19.9 Å². The predicted molar refractivity (Wildman–Crippen MR) is 81.8 cm³/mol. The van der Waals surface area contributed by atoms with Gasteiger partial charge >= 0.3 is 0 Å². The first kappa shape index (κ1) is 15.6. The number of halogens is 1. The first-order chi connectivity index (χ1) is 10.4.